The Balaban J connectivity index is 1.71. The predicted molar refractivity (Wildman–Crippen MR) is 149 cm³/mol. The van der Waals surface area contributed by atoms with Gasteiger partial charge < -0.3 is 24.4 Å². The third-order valence-electron chi connectivity index (χ3n) is 8.60. The molecule has 4 rings (SSSR count). The van der Waals surface area contributed by atoms with Crippen LogP contribution in [0.3, 0.4) is 0 Å². The van der Waals surface area contributed by atoms with E-state index in [1.54, 1.807) is 15.9 Å². The number of rotatable bonds is 13. The Morgan fingerprint density at radius 3 is 2.67 bits per heavy atom. The van der Waals surface area contributed by atoms with Gasteiger partial charge in [-0.05, 0) is 76.5 Å². The summed E-state index contributed by atoms with van der Waals surface area (Å²) < 4.78 is 12.3. The molecule has 8 nitrogen and oxygen atoms in total. The third kappa shape index (κ3) is 5.05. The molecular weight excluding hydrogens is 496 g/mol. The number of esters is 1. The smallest absolute Gasteiger partial charge is 0.312 e. The van der Waals surface area contributed by atoms with E-state index in [2.05, 4.69) is 13.2 Å². The van der Waals surface area contributed by atoms with E-state index in [4.69, 9.17) is 9.47 Å². The Hall–Kier alpha value is -2.97. The van der Waals surface area contributed by atoms with E-state index in [0.717, 1.165) is 29.7 Å². The summed E-state index contributed by atoms with van der Waals surface area (Å²) in [6.07, 6.45) is 7.28. The average Bonchev–Trinajstić information content (AvgIpc) is 3.47. The molecule has 8 heteroatoms. The Bertz CT molecular complexity index is 1130. The highest BCUT2D eigenvalue weighted by molar-refractivity contribution is 6.05. The Morgan fingerprint density at radius 2 is 1.97 bits per heavy atom. The van der Waals surface area contributed by atoms with Crippen LogP contribution in [0.15, 0.2) is 43.5 Å². The quantitative estimate of drug-likeness (QED) is 0.233. The summed E-state index contributed by atoms with van der Waals surface area (Å²) in [7, 11) is 0. The van der Waals surface area contributed by atoms with Crippen LogP contribution in [-0.2, 0) is 23.9 Å². The van der Waals surface area contributed by atoms with Gasteiger partial charge in [0.05, 0.1) is 18.1 Å². The number of aliphatic hydroxyl groups excluding tert-OH is 1. The van der Waals surface area contributed by atoms with E-state index in [0.29, 0.717) is 25.7 Å². The van der Waals surface area contributed by atoms with Gasteiger partial charge in [0.2, 0.25) is 5.91 Å². The molecule has 0 saturated carbocycles. The summed E-state index contributed by atoms with van der Waals surface area (Å²) in [4.78, 5) is 45.2. The van der Waals surface area contributed by atoms with Gasteiger partial charge in [-0.1, -0.05) is 24.3 Å². The van der Waals surface area contributed by atoms with Crippen LogP contribution in [0.25, 0.3) is 0 Å². The fourth-order valence-corrected chi connectivity index (χ4v) is 6.79. The first-order valence-corrected chi connectivity index (χ1v) is 14.0. The molecule has 2 unspecified atom stereocenters. The molecule has 2 bridgehead atoms. The van der Waals surface area contributed by atoms with Gasteiger partial charge in [-0.3, -0.25) is 14.4 Å². The molecule has 1 aromatic rings. The second kappa shape index (κ2) is 11.6. The molecule has 3 heterocycles. The number of amides is 2. The molecule has 0 aromatic heterocycles. The fraction of sp³-hybridized carbons (Fsp3) is 0.581. The number of aryl methyl sites for hydroxylation is 2. The lowest BCUT2D eigenvalue weighted by molar-refractivity contribution is -0.159. The van der Waals surface area contributed by atoms with E-state index < -0.39 is 35.0 Å². The fourth-order valence-electron chi connectivity index (χ4n) is 6.79. The molecule has 3 saturated heterocycles. The molecule has 1 N–H and O–H groups in total. The number of aliphatic hydroxyl groups is 1. The molecule has 5 atom stereocenters. The van der Waals surface area contributed by atoms with E-state index in [1.165, 1.54) is 0 Å². The van der Waals surface area contributed by atoms with Gasteiger partial charge in [0.15, 0.2) is 0 Å². The highest BCUT2D eigenvalue weighted by Gasteiger charge is 2.78. The van der Waals surface area contributed by atoms with Crippen molar-refractivity contribution in [3.8, 4) is 0 Å². The molecule has 212 valence electrons. The van der Waals surface area contributed by atoms with Crippen LogP contribution in [0, 0.1) is 25.7 Å². The molecular formula is C31H42N2O6. The topological polar surface area (TPSA) is 96.4 Å². The highest BCUT2D eigenvalue weighted by Crippen LogP contribution is 2.63. The molecule has 1 aromatic carbocycles. The zero-order chi connectivity index (χ0) is 28.4. The van der Waals surface area contributed by atoms with E-state index >= 15 is 0 Å². The lowest BCUT2D eigenvalue weighted by Gasteiger charge is -2.37. The minimum absolute atomic E-state index is 0.121. The summed E-state index contributed by atoms with van der Waals surface area (Å²) in [5.41, 5.74) is 0.667. The Labute approximate surface area is 231 Å². The maximum atomic E-state index is 14.5. The van der Waals surface area contributed by atoms with Gasteiger partial charge in [0, 0.05) is 25.4 Å². The van der Waals surface area contributed by atoms with Crippen molar-refractivity contribution < 1.29 is 29.0 Å². The zero-order valence-corrected chi connectivity index (χ0v) is 23.5. The number of ether oxygens (including phenoxy) is 2. The molecule has 0 radical (unpaired) electrons. The molecule has 3 fully saturated rings. The third-order valence-corrected chi connectivity index (χ3v) is 8.60. The number of carbonyl (C=O) groups excluding carboxylic acids is 3. The monoisotopic (exact) mass is 538 g/mol. The van der Waals surface area contributed by atoms with Gasteiger partial charge in [0.1, 0.15) is 17.6 Å². The van der Waals surface area contributed by atoms with Crippen molar-refractivity contribution in [2.24, 2.45) is 11.8 Å². The zero-order valence-electron chi connectivity index (χ0n) is 23.5. The van der Waals surface area contributed by atoms with Crippen LogP contribution in [0.2, 0.25) is 0 Å². The summed E-state index contributed by atoms with van der Waals surface area (Å²) >= 11 is 0. The summed E-state index contributed by atoms with van der Waals surface area (Å²) in [5.74, 6) is -2.59. The molecule has 3 aliphatic heterocycles. The van der Waals surface area contributed by atoms with E-state index in [1.807, 2.05) is 45.0 Å². The summed E-state index contributed by atoms with van der Waals surface area (Å²) in [6, 6.07) is 5.00. The number of likely N-dealkylation sites (tertiary alicyclic amines) is 1. The number of unbranched alkanes of at least 4 members (excludes halogenated alkanes) is 2. The largest absolute Gasteiger partial charge is 0.465 e. The van der Waals surface area contributed by atoms with Gasteiger partial charge in [-0.15, -0.1) is 13.2 Å². The molecule has 2 amide bonds. The number of nitrogens with zero attached hydrogens (tertiary/aromatic N) is 2. The van der Waals surface area contributed by atoms with Gasteiger partial charge in [0.25, 0.3) is 5.91 Å². The standard InChI is InChI=1S/C31H42N2O6/c1-6-8-9-10-19-38-29(37)25-24-27(35)33(17-11-18-34)26(31(24)15-14-30(25,5)39-31)28(36)32(16-7-2)23-20-21(3)12-13-22(23)4/h6-7,12-13,20,24-26,34H,1-2,8-11,14-19H2,3-5H3/t24-,25-,26?,30+,31?/m0/s1. The number of benzene rings is 1. The van der Waals surface area contributed by atoms with Crippen molar-refractivity contribution in [2.45, 2.75) is 76.5 Å². The van der Waals surface area contributed by atoms with Crippen molar-refractivity contribution in [1.29, 1.82) is 0 Å². The normalized spacial score (nSPS) is 28.9. The Morgan fingerprint density at radius 1 is 1.21 bits per heavy atom. The molecule has 1 spiro atoms. The van der Waals surface area contributed by atoms with Crippen LogP contribution < -0.4 is 4.90 Å². The van der Waals surface area contributed by atoms with Crippen molar-refractivity contribution >= 4 is 23.5 Å². The van der Waals surface area contributed by atoms with E-state index in [9.17, 15) is 19.5 Å². The minimum Gasteiger partial charge on any atom is -0.465 e. The first-order chi connectivity index (χ1) is 18.6. The number of fused-ring (bicyclic) bond motifs is 1. The summed E-state index contributed by atoms with van der Waals surface area (Å²) in [5, 5.41) is 9.59. The molecule has 39 heavy (non-hydrogen) atoms. The maximum absolute atomic E-state index is 14.5. The number of hydrogen-bond acceptors (Lipinski definition) is 6. The lowest BCUT2D eigenvalue weighted by atomic mass is 9.66. The number of allylic oxidation sites excluding steroid dienone is 1. The van der Waals surface area contributed by atoms with Crippen molar-refractivity contribution in [3.05, 3.63) is 54.6 Å². The Kier molecular flexibility index (Phi) is 8.66. The maximum Gasteiger partial charge on any atom is 0.312 e. The second-order valence-corrected chi connectivity index (χ2v) is 11.3. The number of hydrogen-bond donors (Lipinski definition) is 1. The van der Waals surface area contributed by atoms with Crippen molar-refractivity contribution in [3.63, 3.8) is 0 Å². The van der Waals surface area contributed by atoms with Crippen LogP contribution in [-0.4, -0.2) is 71.3 Å². The lowest BCUT2D eigenvalue weighted by Crippen LogP contribution is -2.56. The van der Waals surface area contributed by atoms with Crippen molar-refractivity contribution in [1.82, 2.24) is 4.90 Å². The second-order valence-electron chi connectivity index (χ2n) is 11.3. The first kappa shape index (κ1) is 29.0. The van der Waals surface area contributed by atoms with E-state index in [-0.39, 0.29) is 38.1 Å². The summed E-state index contributed by atoms with van der Waals surface area (Å²) in [6.45, 7) is 14.0. The highest BCUT2D eigenvalue weighted by atomic mass is 16.6. The number of carbonyl (C=O) groups is 3. The average molecular weight is 539 g/mol. The molecule has 0 aliphatic carbocycles. The van der Waals surface area contributed by atoms with Crippen LogP contribution in [0.1, 0.15) is 56.6 Å². The van der Waals surface area contributed by atoms with Crippen LogP contribution >= 0.6 is 0 Å². The predicted octanol–water partition coefficient (Wildman–Crippen LogP) is 3.87. The first-order valence-electron chi connectivity index (χ1n) is 14.0. The van der Waals surface area contributed by atoms with Gasteiger partial charge in [-0.2, -0.15) is 0 Å². The SMILES string of the molecule is C=CCCCCOC(=O)[C@@H]1[C@H]2C(=O)N(CCCO)C(C(=O)N(CC=C)c3cc(C)ccc3C)C23CC[C@@]1(C)O3. The van der Waals surface area contributed by atoms with Crippen LogP contribution in [0.4, 0.5) is 5.69 Å². The van der Waals surface area contributed by atoms with Crippen molar-refractivity contribution in [2.75, 3.05) is 31.2 Å². The van der Waals surface area contributed by atoms with Crippen LogP contribution in [0.5, 0.6) is 0 Å². The van der Waals surface area contributed by atoms with Gasteiger partial charge in [-0.25, -0.2) is 0 Å². The van der Waals surface area contributed by atoms with Gasteiger partial charge >= 0.3 is 5.97 Å². The minimum atomic E-state index is -1.14. The number of anilines is 1. The molecule has 3 aliphatic rings.